The van der Waals surface area contributed by atoms with E-state index in [4.69, 9.17) is 9.47 Å². The van der Waals surface area contributed by atoms with E-state index in [1.165, 1.54) is 24.3 Å². The highest BCUT2D eigenvalue weighted by Gasteiger charge is 2.54. The van der Waals surface area contributed by atoms with E-state index >= 15 is 0 Å². The molecule has 0 radical (unpaired) electrons. The zero-order valence-corrected chi connectivity index (χ0v) is 18.6. The van der Waals surface area contributed by atoms with E-state index in [1.54, 1.807) is 16.7 Å². The molecule has 3 fully saturated rings. The van der Waals surface area contributed by atoms with Crippen LogP contribution in [0.3, 0.4) is 0 Å². The normalized spacial score (nSPS) is 25.1. The van der Waals surface area contributed by atoms with Crippen molar-refractivity contribution < 1.29 is 28.2 Å². The van der Waals surface area contributed by atoms with E-state index in [0.717, 1.165) is 19.3 Å². The van der Waals surface area contributed by atoms with E-state index in [2.05, 4.69) is 0 Å². The molecule has 0 bridgehead atoms. The summed E-state index contributed by atoms with van der Waals surface area (Å²) in [5, 5.41) is 0. The molecule has 3 aliphatic rings. The van der Waals surface area contributed by atoms with Crippen molar-refractivity contribution in [2.24, 2.45) is 5.92 Å². The summed E-state index contributed by atoms with van der Waals surface area (Å²) >= 11 is 0. The summed E-state index contributed by atoms with van der Waals surface area (Å²) in [6.45, 7) is 3.03. The SMILES string of the molecule is CCOC(=O)C1CCCN(C(=O)C2COC3(CCCCC3)N2C(=O)c2ccc(F)cc2)C1. The lowest BCUT2D eigenvalue weighted by molar-refractivity contribution is -0.152. The minimum absolute atomic E-state index is 0.131. The summed E-state index contributed by atoms with van der Waals surface area (Å²) in [5.74, 6) is -1.56. The molecule has 0 aromatic heterocycles. The average Bonchev–Trinajstić information content (AvgIpc) is 3.17. The van der Waals surface area contributed by atoms with Gasteiger partial charge in [0.2, 0.25) is 5.91 Å². The Balaban J connectivity index is 1.58. The Morgan fingerprint density at radius 1 is 1.12 bits per heavy atom. The van der Waals surface area contributed by atoms with E-state index in [9.17, 15) is 18.8 Å². The molecule has 2 heterocycles. The molecule has 2 unspecified atom stereocenters. The molecule has 1 aliphatic carbocycles. The average molecular weight is 447 g/mol. The molecule has 1 aromatic carbocycles. The minimum Gasteiger partial charge on any atom is -0.466 e. The van der Waals surface area contributed by atoms with Gasteiger partial charge in [-0.3, -0.25) is 19.3 Å². The van der Waals surface area contributed by atoms with Gasteiger partial charge in [0.25, 0.3) is 5.91 Å². The van der Waals surface area contributed by atoms with Gasteiger partial charge in [0.15, 0.2) is 0 Å². The number of carbonyl (C=O) groups excluding carboxylic acids is 3. The lowest BCUT2D eigenvalue weighted by Gasteiger charge is -2.42. The standard InChI is InChI=1S/C24H31FN2O5/c1-2-31-23(30)18-7-6-14-26(15-18)22(29)20-16-32-24(12-4-3-5-13-24)27(20)21(28)17-8-10-19(25)11-9-17/h8-11,18,20H,2-7,12-16H2,1H3. The minimum atomic E-state index is -0.805. The monoisotopic (exact) mass is 446 g/mol. The summed E-state index contributed by atoms with van der Waals surface area (Å²) < 4.78 is 24.8. The highest BCUT2D eigenvalue weighted by molar-refractivity contribution is 5.98. The van der Waals surface area contributed by atoms with Crippen LogP contribution in [0.25, 0.3) is 0 Å². The molecule has 174 valence electrons. The molecule has 0 N–H and O–H groups in total. The van der Waals surface area contributed by atoms with E-state index < -0.39 is 17.6 Å². The zero-order valence-electron chi connectivity index (χ0n) is 18.6. The van der Waals surface area contributed by atoms with Crippen LogP contribution in [0.2, 0.25) is 0 Å². The summed E-state index contributed by atoms with van der Waals surface area (Å²) in [4.78, 5) is 42.7. The van der Waals surface area contributed by atoms with Gasteiger partial charge in [-0.05, 0) is 69.7 Å². The first-order valence-electron chi connectivity index (χ1n) is 11.6. The smallest absolute Gasteiger partial charge is 0.310 e. The molecule has 2 amide bonds. The van der Waals surface area contributed by atoms with Crippen LogP contribution in [0.5, 0.6) is 0 Å². The second-order valence-electron chi connectivity index (χ2n) is 8.89. The molecule has 32 heavy (non-hydrogen) atoms. The Labute approximate surface area is 187 Å². The van der Waals surface area contributed by atoms with Crippen molar-refractivity contribution in [3.63, 3.8) is 0 Å². The number of likely N-dealkylation sites (tertiary alicyclic amines) is 1. The quantitative estimate of drug-likeness (QED) is 0.665. The first-order valence-corrected chi connectivity index (χ1v) is 11.6. The first-order chi connectivity index (χ1) is 15.4. The van der Waals surface area contributed by atoms with Crippen molar-refractivity contribution in [1.82, 2.24) is 9.80 Å². The number of hydrogen-bond donors (Lipinski definition) is 0. The number of esters is 1. The number of ether oxygens (including phenoxy) is 2. The van der Waals surface area contributed by atoms with Crippen LogP contribution in [0.15, 0.2) is 24.3 Å². The van der Waals surface area contributed by atoms with Gasteiger partial charge < -0.3 is 14.4 Å². The van der Waals surface area contributed by atoms with Crippen LogP contribution in [0.1, 0.15) is 62.2 Å². The van der Waals surface area contributed by atoms with Crippen LogP contribution in [0.4, 0.5) is 4.39 Å². The van der Waals surface area contributed by atoms with Crippen molar-refractivity contribution in [2.45, 2.75) is 63.6 Å². The maximum absolute atomic E-state index is 13.6. The number of carbonyl (C=O) groups is 3. The number of benzene rings is 1. The predicted molar refractivity (Wildman–Crippen MR) is 114 cm³/mol. The highest BCUT2D eigenvalue weighted by atomic mass is 19.1. The molecule has 2 saturated heterocycles. The van der Waals surface area contributed by atoms with Crippen molar-refractivity contribution in [3.05, 3.63) is 35.6 Å². The van der Waals surface area contributed by atoms with Gasteiger partial charge in [-0.15, -0.1) is 0 Å². The third kappa shape index (κ3) is 4.37. The third-order valence-electron chi connectivity index (χ3n) is 6.84. The molecule has 8 heteroatoms. The van der Waals surface area contributed by atoms with E-state index in [1.807, 2.05) is 0 Å². The maximum atomic E-state index is 13.6. The fraction of sp³-hybridized carbons (Fsp3) is 0.625. The fourth-order valence-corrected chi connectivity index (χ4v) is 5.23. The van der Waals surface area contributed by atoms with Gasteiger partial charge in [0, 0.05) is 18.7 Å². The molecular formula is C24H31FN2O5. The van der Waals surface area contributed by atoms with Gasteiger partial charge >= 0.3 is 5.97 Å². The second-order valence-corrected chi connectivity index (χ2v) is 8.89. The van der Waals surface area contributed by atoms with Crippen LogP contribution < -0.4 is 0 Å². The number of amides is 2. The molecule has 1 aromatic rings. The number of rotatable bonds is 4. The first kappa shape index (κ1) is 22.7. The highest BCUT2D eigenvalue weighted by Crippen LogP contribution is 2.42. The zero-order chi connectivity index (χ0) is 22.7. The summed E-state index contributed by atoms with van der Waals surface area (Å²) in [6.07, 6.45) is 5.65. The molecule has 2 atom stereocenters. The molecule has 1 spiro atoms. The number of halogens is 1. The number of nitrogens with zero attached hydrogens (tertiary/aromatic N) is 2. The van der Waals surface area contributed by atoms with Gasteiger partial charge in [-0.25, -0.2) is 4.39 Å². The van der Waals surface area contributed by atoms with Crippen LogP contribution in [0, 0.1) is 11.7 Å². The summed E-state index contributed by atoms with van der Waals surface area (Å²) in [6, 6.07) is 4.65. The molecular weight excluding hydrogens is 415 g/mol. The van der Waals surface area contributed by atoms with Crippen LogP contribution in [-0.2, 0) is 19.1 Å². The Morgan fingerprint density at radius 2 is 1.84 bits per heavy atom. The van der Waals surface area contributed by atoms with Crippen molar-refractivity contribution in [3.8, 4) is 0 Å². The number of piperidine rings is 1. The van der Waals surface area contributed by atoms with Gasteiger partial charge in [0.1, 0.15) is 17.6 Å². The lowest BCUT2D eigenvalue weighted by Crippen LogP contribution is -2.58. The van der Waals surface area contributed by atoms with Gasteiger partial charge in [0.05, 0.1) is 19.1 Å². The Kier molecular flexibility index (Phi) is 6.79. The largest absolute Gasteiger partial charge is 0.466 e. The summed E-state index contributed by atoms with van der Waals surface area (Å²) in [7, 11) is 0. The lowest BCUT2D eigenvalue weighted by atomic mass is 9.89. The van der Waals surface area contributed by atoms with E-state index in [-0.39, 0.29) is 30.3 Å². The Morgan fingerprint density at radius 3 is 2.53 bits per heavy atom. The Hall–Kier alpha value is -2.48. The van der Waals surface area contributed by atoms with Crippen LogP contribution >= 0.6 is 0 Å². The summed E-state index contributed by atoms with van der Waals surface area (Å²) in [5.41, 5.74) is -0.469. The van der Waals surface area contributed by atoms with Crippen molar-refractivity contribution >= 4 is 17.8 Å². The number of hydrogen-bond acceptors (Lipinski definition) is 5. The fourth-order valence-electron chi connectivity index (χ4n) is 5.23. The van der Waals surface area contributed by atoms with Gasteiger partial charge in [-0.1, -0.05) is 6.42 Å². The Bertz CT molecular complexity index is 852. The van der Waals surface area contributed by atoms with E-state index in [0.29, 0.717) is 50.9 Å². The third-order valence-corrected chi connectivity index (χ3v) is 6.84. The maximum Gasteiger partial charge on any atom is 0.310 e. The van der Waals surface area contributed by atoms with Crippen molar-refractivity contribution in [2.75, 3.05) is 26.3 Å². The predicted octanol–water partition coefficient (Wildman–Crippen LogP) is 3.13. The molecule has 4 rings (SSSR count). The van der Waals surface area contributed by atoms with Crippen molar-refractivity contribution in [1.29, 1.82) is 0 Å². The molecule has 2 aliphatic heterocycles. The molecule has 1 saturated carbocycles. The van der Waals surface area contributed by atoms with Crippen LogP contribution in [-0.4, -0.2) is 65.7 Å². The molecule has 7 nitrogen and oxygen atoms in total. The van der Waals surface area contributed by atoms with Gasteiger partial charge in [-0.2, -0.15) is 0 Å². The topological polar surface area (TPSA) is 76.2 Å². The second kappa shape index (κ2) is 9.57.